The maximum Gasteiger partial charge on any atom is 0.0890 e. The third-order valence-corrected chi connectivity index (χ3v) is 5.21. The third-order valence-electron chi connectivity index (χ3n) is 4.52. The smallest absolute Gasteiger partial charge is 0.0890 e. The Kier molecular flexibility index (Phi) is 6.13. The van der Waals surface area contributed by atoms with Crippen LogP contribution in [0.2, 0.25) is 10.0 Å². The van der Waals surface area contributed by atoms with Crippen molar-refractivity contribution in [2.75, 3.05) is 0 Å². The highest BCUT2D eigenvalue weighted by Gasteiger charge is 2.10. The zero-order valence-corrected chi connectivity index (χ0v) is 17.1. The van der Waals surface area contributed by atoms with Crippen molar-refractivity contribution in [1.29, 1.82) is 0 Å². The zero-order chi connectivity index (χ0) is 20.1. The molecule has 4 aromatic heterocycles. The van der Waals surface area contributed by atoms with Gasteiger partial charge in [0.2, 0.25) is 0 Å². The summed E-state index contributed by atoms with van der Waals surface area (Å²) in [6, 6.07) is 19.1. The van der Waals surface area contributed by atoms with Crippen molar-refractivity contribution >= 4 is 23.2 Å². The van der Waals surface area contributed by atoms with Crippen molar-refractivity contribution < 1.29 is 0 Å². The summed E-state index contributed by atoms with van der Waals surface area (Å²) in [5, 5.41) is 1.32. The maximum atomic E-state index is 6.37. The van der Waals surface area contributed by atoms with E-state index in [2.05, 4.69) is 9.97 Å². The summed E-state index contributed by atoms with van der Waals surface area (Å²) < 4.78 is 0. The van der Waals surface area contributed by atoms with Crippen LogP contribution < -0.4 is 0 Å². The van der Waals surface area contributed by atoms with Crippen molar-refractivity contribution in [2.45, 2.75) is 19.3 Å². The molecule has 4 aromatic rings. The molecule has 0 fully saturated rings. The van der Waals surface area contributed by atoms with Crippen LogP contribution in [-0.2, 0) is 12.8 Å². The first kappa shape index (κ1) is 19.5. The third kappa shape index (κ3) is 4.78. The molecule has 4 nitrogen and oxygen atoms in total. The van der Waals surface area contributed by atoms with Gasteiger partial charge in [-0.2, -0.15) is 0 Å². The Labute approximate surface area is 179 Å². The molecule has 6 heteroatoms. The van der Waals surface area contributed by atoms with Crippen LogP contribution in [0.15, 0.2) is 73.1 Å². The summed E-state index contributed by atoms with van der Waals surface area (Å²) in [5.41, 5.74) is 5.01. The van der Waals surface area contributed by atoms with E-state index >= 15 is 0 Å². The lowest BCUT2D eigenvalue weighted by Gasteiger charge is -2.09. The largest absolute Gasteiger partial charge is 0.255 e. The summed E-state index contributed by atoms with van der Waals surface area (Å²) in [5.74, 6) is 0. The highest BCUT2D eigenvalue weighted by Crippen LogP contribution is 2.24. The number of aromatic nitrogens is 4. The van der Waals surface area contributed by atoms with E-state index in [-0.39, 0.29) is 0 Å². The number of halogens is 2. The molecule has 0 saturated heterocycles. The summed E-state index contributed by atoms with van der Waals surface area (Å²) in [6.07, 6.45) is 5.80. The Balaban J connectivity index is 1.48. The first-order valence-electron chi connectivity index (χ1n) is 9.34. The van der Waals surface area contributed by atoms with Crippen LogP contribution in [0.4, 0.5) is 0 Å². The lowest BCUT2D eigenvalue weighted by molar-refractivity contribution is 0.783. The molecule has 0 amide bonds. The second-order valence-electron chi connectivity index (χ2n) is 6.53. The zero-order valence-electron chi connectivity index (χ0n) is 15.6. The van der Waals surface area contributed by atoms with Crippen molar-refractivity contribution in [3.8, 4) is 22.8 Å². The molecule has 0 atom stereocenters. The van der Waals surface area contributed by atoms with Gasteiger partial charge in [-0.15, -0.1) is 0 Å². The van der Waals surface area contributed by atoms with Gasteiger partial charge in [0.15, 0.2) is 0 Å². The fourth-order valence-corrected chi connectivity index (χ4v) is 3.46. The Hall–Kier alpha value is -2.82. The molecule has 0 bridgehead atoms. The van der Waals surface area contributed by atoms with Gasteiger partial charge >= 0.3 is 0 Å². The first-order chi connectivity index (χ1) is 14.2. The molecule has 0 aromatic carbocycles. The maximum absolute atomic E-state index is 6.37. The van der Waals surface area contributed by atoms with Gasteiger partial charge in [-0.1, -0.05) is 35.3 Å². The highest BCUT2D eigenvalue weighted by atomic mass is 35.5. The van der Waals surface area contributed by atoms with E-state index in [1.165, 1.54) is 0 Å². The second kappa shape index (κ2) is 9.12. The minimum atomic E-state index is 0.658. The number of nitrogens with zero attached hydrogens (tertiary/aromatic N) is 4. The van der Waals surface area contributed by atoms with Gasteiger partial charge < -0.3 is 0 Å². The van der Waals surface area contributed by atoms with E-state index in [0.717, 1.165) is 53.4 Å². The van der Waals surface area contributed by atoms with E-state index in [9.17, 15) is 0 Å². The van der Waals surface area contributed by atoms with Crippen LogP contribution in [-0.4, -0.2) is 19.9 Å². The average Bonchev–Trinajstić information content (AvgIpc) is 2.77. The van der Waals surface area contributed by atoms with Gasteiger partial charge in [-0.25, -0.2) is 9.97 Å². The monoisotopic (exact) mass is 420 g/mol. The molecule has 0 spiro atoms. The van der Waals surface area contributed by atoms with Gasteiger partial charge in [-0.05, 0) is 67.8 Å². The lowest BCUT2D eigenvalue weighted by atomic mass is 10.1. The number of hydrogen-bond acceptors (Lipinski definition) is 4. The second-order valence-corrected chi connectivity index (χ2v) is 7.35. The topological polar surface area (TPSA) is 51.6 Å². The molecule has 0 N–H and O–H groups in total. The molecule has 4 rings (SSSR count). The predicted octanol–water partition coefficient (Wildman–Crippen LogP) is 6.08. The van der Waals surface area contributed by atoms with Gasteiger partial charge in [0.1, 0.15) is 0 Å². The van der Waals surface area contributed by atoms with E-state index in [4.69, 9.17) is 33.2 Å². The fraction of sp³-hybridized carbons (Fsp3) is 0.130. The van der Waals surface area contributed by atoms with Gasteiger partial charge in [-0.3, -0.25) is 9.97 Å². The minimum Gasteiger partial charge on any atom is -0.255 e. The van der Waals surface area contributed by atoms with Crippen molar-refractivity contribution in [3.05, 3.63) is 94.5 Å². The molecule has 144 valence electrons. The summed E-state index contributed by atoms with van der Waals surface area (Å²) in [6.45, 7) is 0. The van der Waals surface area contributed by atoms with Crippen molar-refractivity contribution in [1.82, 2.24) is 19.9 Å². The number of pyridine rings is 4. The number of hydrogen-bond donors (Lipinski definition) is 0. The Bertz CT molecular complexity index is 1010. The quantitative estimate of drug-likeness (QED) is 0.379. The van der Waals surface area contributed by atoms with E-state index in [0.29, 0.717) is 10.0 Å². The fourth-order valence-electron chi connectivity index (χ4n) is 3.06. The molecule has 0 unspecified atom stereocenters. The normalized spacial score (nSPS) is 10.8. The van der Waals surface area contributed by atoms with Crippen LogP contribution in [0.25, 0.3) is 22.8 Å². The molecular formula is C23H18Cl2N4. The number of aryl methyl sites for hydroxylation is 2. The number of rotatable bonds is 6. The Morgan fingerprint density at radius 3 is 1.45 bits per heavy atom. The van der Waals surface area contributed by atoms with Crippen LogP contribution in [0.5, 0.6) is 0 Å². The molecule has 0 aliphatic heterocycles. The summed E-state index contributed by atoms with van der Waals surface area (Å²) in [7, 11) is 0. The van der Waals surface area contributed by atoms with E-state index in [1.807, 2.05) is 60.7 Å². The van der Waals surface area contributed by atoms with Crippen LogP contribution in [0, 0.1) is 0 Å². The lowest BCUT2D eigenvalue weighted by Crippen LogP contribution is -1.99. The first-order valence-corrected chi connectivity index (χ1v) is 10.1. The van der Waals surface area contributed by atoms with Gasteiger partial charge in [0.25, 0.3) is 0 Å². The highest BCUT2D eigenvalue weighted by molar-refractivity contribution is 6.31. The van der Waals surface area contributed by atoms with Crippen molar-refractivity contribution in [2.24, 2.45) is 0 Å². The standard InChI is InChI=1S/C23H18Cl2N4/c24-16-10-12-22(20-6-1-3-14-26-20)28-18(16)8-5-9-19-17(25)11-13-23(29-19)21-7-2-4-15-27-21/h1-4,6-7,10-15H,5,8-9H2. The summed E-state index contributed by atoms with van der Waals surface area (Å²) >= 11 is 12.7. The van der Waals surface area contributed by atoms with Gasteiger partial charge in [0, 0.05) is 12.4 Å². The van der Waals surface area contributed by atoms with Crippen LogP contribution in [0.3, 0.4) is 0 Å². The van der Waals surface area contributed by atoms with Crippen molar-refractivity contribution in [3.63, 3.8) is 0 Å². The Morgan fingerprint density at radius 1 is 0.552 bits per heavy atom. The summed E-state index contributed by atoms with van der Waals surface area (Å²) in [4.78, 5) is 18.1. The van der Waals surface area contributed by atoms with Crippen LogP contribution in [0.1, 0.15) is 17.8 Å². The van der Waals surface area contributed by atoms with Gasteiger partial charge in [0.05, 0.1) is 44.2 Å². The molecule has 0 saturated carbocycles. The average molecular weight is 421 g/mol. The SMILES string of the molecule is Clc1ccc(-c2ccccn2)nc1CCCc1nc(-c2ccccn2)ccc1Cl. The van der Waals surface area contributed by atoms with Crippen LogP contribution >= 0.6 is 23.2 Å². The van der Waals surface area contributed by atoms with E-state index in [1.54, 1.807) is 12.4 Å². The molecule has 0 radical (unpaired) electrons. The molecular weight excluding hydrogens is 403 g/mol. The molecule has 4 heterocycles. The molecule has 0 aliphatic rings. The Morgan fingerprint density at radius 2 is 1.03 bits per heavy atom. The van der Waals surface area contributed by atoms with E-state index < -0.39 is 0 Å². The molecule has 0 aliphatic carbocycles. The molecule has 29 heavy (non-hydrogen) atoms. The minimum absolute atomic E-state index is 0.658. The predicted molar refractivity (Wildman–Crippen MR) is 117 cm³/mol.